The van der Waals surface area contributed by atoms with Gasteiger partial charge >= 0.3 is 0 Å². The molecule has 5 nitrogen and oxygen atoms in total. The Bertz CT molecular complexity index is 912. The van der Waals surface area contributed by atoms with Gasteiger partial charge in [-0.25, -0.2) is 4.98 Å². The Hall–Kier alpha value is -2.69. The maximum Gasteiger partial charge on any atom is 0.254 e. The van der Waals surface area contributed by atoms with Gasteiger partial charge in [0.25, 0.3) is 5.91 Å². The SMILES string of the molecule is Cc1nccn1CC[C@H]1CCCCN1C(=O)c1cccc2cnccc12. The van der Waals surface area contributed by atoms with Crippen LogP contribution in [-0.2, 0) is 6.54 Å². The molecule has 0 N–H and O–H groups in total. The number of hydrogen-bond acceptors (Lipinski definition) is 3. The Kier molecular flexibility index (Phi) is 4.69. The first-order valence-electron chi connectivity index (χ1n) is 9.35. The molecule has 5 heteroatoms. The van der Waals surface area contributed by atoms with Crippen molar-refractivity contribution in [2.24, 2.45) is 0 Å². The second-order valence-corrected chi connectivity index (χ2v) is 7.01. The fraction of sp³-hybridized carbons (Fsp3) is 0.381. The van der Waals surface area contributed by atoms with E-state index >= 15 is 0 Å². The van der Waals surface area contributed by atoms with Crippen molar-refractivity contribution in [3.05, 3.63) is 60.4 Å². The largest absolute Gasteiger partial charge is 0.336 e. The zero-order valence-corrected chi connectivity index (χ0v) is 15.1. The quantitative estimate of drug-likeness (QED) is 0.720. The van der Waals surface area contributed by atoms with Crippen LogP contribution in [0.15, 0.2) is 49.1 Å². The van der Waals surface area contributed by atoms with Gasteiger partial charge in [0.1, 0.15) is 5.82 Å². The second kappa shape index (κ2) is 7.28. The summed E-state index contributed by atoms with van der Waals surface area (Å²) in [5.74, 6) is 1.18. The molecule has 1 saturated heterocycles. The first kappa shape index (κ1) is 16.8. The number of nitrogens with zero attached hydrogens (tertiary/aromatic N) is 4. The highest BCUT2D eigenvalue weighted by Gasteiger charge is 2.28. The van der Waals surface area contributed by atoms with E-state index in [9.17, 15) is 4.79 Å². The minimum atomic E-state index is 0.147. The van der Waals surface area contributed by atoms with E-state index in [2.05, 4.69) is 19.4 Å². The summed E-state index contributed by atoms with van der Waals surface area (Å²) in [4.78, 5) is 23.9. The van der Waals surface area contributed by atoms with E-state index in [-0.39, 0.29) is 11.9 Å². The van der Waals surface area contributed by atoms with E-state index in [1.165, 1.54) is 6.42 Å². The zero-order chi connectivity index (χ0) is 17.9. The summed E-state index contributed by atoms with van der Waals surface area (Å²) in [5.41, 5.74) is 0.788. The van der Waals surface area contributed by atoms with Gasteiger partial charge in [-0.15, -0.1) is 0 Å². The first-order valence-corrected chi connectivity index (χ1v) is 9.35. The van der Waals surface area contributed by atoms with Crippen molar-refractivity contribution in [1.29, 1.82) is 0 Å². The summed E-state index contributed by atoms with van der Waals surface area (Å²) < 4.78 is 2.17. The third kappa shape index (κ3) is 3.21. The number of fused-ring (bicyclic) bond motifs is 1. The summed E-state index contributed by atoms with van der Waals surface area (Å²) in [5, 5.41) is 2.00. The number of benzene rings is 1. The average Bonchev–Trinajstić information content (AvgIpc) is 3.10. The van der Waals surface area contributed by atoms with Gasteiger partial charge in [-0.05, 0) is 50.1 Å². The fourth-order valence-corrected chi connectivity index (χ4v) is 3.96. The Labute approximate surface area is 153 Å². The van der Waals surface area contributed by atoms with Crippen LogP contribution in [-0.4, -0.2) is 37.9 Å². The Balaban J connectivity index is 1.57. The monoisotopic (exact) mass is 348 g/mol. The second-order valence-electron chi connectivity index (χ2n) is 7.01. The van der Waals surface area contributed by atoms with Gasteiger partial charge in [0.15, 0.2) is 0 Å². The molecule has 0 radical (unpaired) electrons. The van der Waals surface area contributed by atoms with Crippen molar-refractivity contribution in [2.75, 3.05) is 6.54 Å². The van der Waals surface area contributed by atoms with Crippen LogP contribution in [0.3, 0.4) is 0 Å². The number of rotatable bonds is 4. The van der Waals surface area contributed by atoms with E-state index < -0.39 is 0 Å². The van der Waals surface area contributed by atoms with Crippen molar-refractivity contribution in [2.45, 2.75) is 45.2 Å². The molecule has 134 valence electrons. The van der Waals surface area contributed by atoms with Crippen LogP contribution in [0.1, 0.15) is 41.9 Å². The first-order chi connectivity index (χ1) is 12.7. The highest BCUT2D eigenvalue weighted by molar-refractivity contribution is 6.06. The smallest absolute Gasteiger partial charge is 0.254 e. The van der Waals surface area contributed by atoms with Crippen LogP contribution in [0.5, 0.6) is 0 Å². The van der Waals surface area contributed by atoms with Gasteiger partial charge in [-0.1, -0.05) is 12.1 Å². The molecule has 1 aliphatic heterocycles. The predicted molar refractivity (Wildman–Crippen MR) is 102 cm³/mol. The number of amides is 1. The van der Waals surface area contributed by atoms with Gasteiger partial charge in [0, 0.05) is 54.9 Å². The standard InChI is InChI=1S/C21H24N4O/c1-16-23-11-14-24(16)13-9-18-6-2-3-12-25(18)21(26)20-7-4-5-17-15-22-10-8-19(17)20/h4-5,7-8,10-11,14-15,18H,2-3,6,9,12-13H2,1H3/t18-/m1/s1. The molecule has 0 aliphatic carbocycles. The lowest BCUT2D eigenvalue weighted by atomic mass is 9.97. The zero-order valence-electron chi connectivity index (χ0n) is 15.1. The molecule has 0 bridgehead atoms. The number of carbonyl (C=O) groups excluding carboxylic acids is 1. The predicted octanol–water partition coefficient (Wildman–Crippen LogP) is 3.82. The van der Waals surface area contributed by atoms with Crippen molar-refractivity contribution < 1.29 is 4.79 Å². The molecule has 1 aromatic carbocycles. The van der Waals surface area contributed by atoms with Gasteiger partial charge in [0.05, 0.1) is 0 Å². The van der Waals surface area contributed by atoms with E-state index in [0.717, 1.165) is 54.5 Å². The maximum atomic E-state index is 13.3. The van der Waals surface area contributed by atoms with E-state index in [1.807, 2.05) is 49.8 Å². The molecule has 1 amide bonds. The lowest BCUT2D eigenvalue weighted by molar-refractivity contribution is 0.0597. The molecule has 0 unspecified atom stereocenters. The van der Waals surface area contributed by atoms with E-state index in [4.69, 9.17) is 0 Å². The maximum absolute atomic E-state index is 13.3. The molecular formula is C21H24N4O. The van der Waals surface area contributed by atoms with Crippen molar-refractivity contribution >= 4 is 16.7 Å². The molecule has 2 aromatic heterocycles. The van der Waals surface area contributed by atoms with Crippen LogP contribution >= 0.6 is 0 Å². The molecule has 3 heterocycles. The molecule has 3 aromatic rings. The van der Waals surface area contributed by atoms with Gasteiger partial charge in [0.2, 0.25) is 0 Å². The summed E-state index contributed by atoms with van der Waals surface area (Å²) >= 11 is 0. The summed E-state index contributed by atoms with van der Waals surface area (Å²) in [7, 11) is 0. The highest BCUT2D eigenvalue weighted by Crippen LogP contribution is 2.26. The number of likely N-dealkylation sites (tertiary alicyclic amines) is 1. The van der Waals surface area contributed by atoms with Crippen LogP contribution in [0.4, 0.5) is 0 Å². The van der Waals surface area contributed by atoms with E-state index in [0.29, 0.717) is 0 Å². The van der Waals surface area contributed by atoms with Crippen molar-refractivity contribution in [1.82, 2.24) is 19.4 Å². The summed E-state index contributed by atoms with van der Waals surface area (Å²) in [6, 6.07) is 8.13. The van der Waals surface area contributed by atoms with Gasteiger partial charge < -0.3 is 9.47 Å². The van der Waals surface area contributed by atoms with Gasteiger partial charge in [-0.2, -0.15) is 0 Å². The lowest BCUT2D eigenvalue weighted by Gasteiger charge is -2.36. The van der Waals surface area contributed by atoms with Crippen LogP contribution in [0.2, 0.25) is 0 Å². The number of aromatic nitrogens is 3. The van der Waals surface area contributed by atoms with Crippen LogP contribution < -0.4 is 0 Å². The Morgan fingerprint density at radius 3 is 3.00 bits per heavy atom. The van der Waals surface area contributed by atoms with Gasteiger partial charge in [-0.3, -0.25) is 9.78 Å². The molecule has 0 spiro atoms. The van der Waals surface area contributed by atoms with Crippen molar-refractivity contribution in [3.63, 3.8) is 0 Å². The lowest BCUT2D eigenvalue weighted by Crippen LogP contribution is -2.44. The number of hydrogen-bond donors (Lipinski definition) is 0. The van der Waals surface area contributed by atoms with Crippen LogP contribution in [0, 0.1) is 6.92 Å². The number of carbonyl (C=O) groups is 1. The number of pyridine rings is 1. The minimum absolute atomic E-state index is 0.147. The highest BCUT2D eigenvalue weighted by atomic mass is 16.2. The number of piperidine rings is 1. The third-order valence-corrected chi connectivity index (χ3v) is 5.43. The summed E-state index contributed by atoms with van der Waals surface area (Å²) in [6.07, 6.45) is 11.7. The normalized spacial score (nSPS) is 17.6. The average molecular weight is 348 g/mol. The fourth-order valence-electron chi connectivity index (χ4n) is 3.96. The Morgan fingerprint density at radius 1 is 1.23 bits per heavy atom. The molecule has 26 heavy (non-hydrogen) atoms. The van der Waals surface area contributed by atoms with E-state index in [1.54, 1.807) is 6.20 Å². The van der Waals surface area contributed by atoms with Crippen molar-refractivity contribution in [3.8, 4) is 0 Å². The molecule has 1 atom stereocenters. The molecule has 0 saturated carbocycles. The number of imidazole rings is 1. The third-order valence-electron chi connectivity index (χ3n) is 5.43. The number of aryl methyl sites for hydroxylation is 2. The molecule has 1 aliphatic rings. The molecule has 4 rings (SSSR count). The molecular weight excluding hydrogens is 324 g/mol. The minimum Gasteiger partial charge on any atom is -0.336 e. The van der Waals surface area contributed by atoms with Crippen LogP contribution in [0.25, 0.3) is 10.8 Å². The topological polar surface area (TPSA) is 51.0 Å². The summed E-state index contributed by atoms with van der Waals surface area (Å²) in [6.45, 7) is 3.77. The molecule has 1 fully saturated rings. The Morgan fingerprint density at radius 2 is 2.15 bits per heavy atom.